The zero-order valence-electron chi connectivity index (χ0n) is 16.2. The number of rotatable bonds is 6. The van der Waals surface area contributed by atoms with Crippen LogP contribution in [0, 0.1) is 11.7 Å². The van der Waals surface area contributed by atoms with Gasteiger partial charge in [-0.2, -0.15) is 5.10 Å². The first-order valence-corrected chi connectivity index (χ1v) is 10.4. The first kappa shape index (κ1) is 19.1. The van der Waals surface area contributed by atoms with E-state index >= 15 is 0 Å². The van der Waals surface area contributed by atoms with Gasteiger partial charge in [0.05, 0.1) is 17.4 Å². The lowest BCUT2D eigenvalue weighted by atomic mass is 9.88. The molecule has 1 atom stereocenters. The number of nitrogens with zero attached hydrogens (tertiary/aromatic N) is 2. The van der Waals surface area contributed by atoms with Crippen LogP contribution in [-0.4, -0.2) is 21.4 Å². The largest absolute Gasteiger partial charge is 0.383 e. The van der Waals surface area contributed by atoms with Crippen molar-refractivity contribution in [1.82, 2.24) is 9.78 Å². The Balaban J connectivity index is 1.45. The molecule has 1 aliphatic rings. The van der Waals surface area contributed by atoms with E-state index in [-0.39, 0.29) is 11.7 Å². The second kappa shape index (κ2) is 7.42. The molecule has 1 heterocycles. The Morgan fingerprint density at radius 1 is 1.07 bits per heavy atom. The smallest absolute Gasteiger partial charge is 0.123 e. The van der Waals surface area contributed by atoms with Gasteiger partial charge in [-0.25, -0.2) is 9.07 Å². The Labute approximate surface area is 178 Å². The maximum Gasteiger partial charge on any atom is 0.123 e. The third-order valence-electron chi connectivity index (χ3n) is 5.80. The fourth-order valence-electron chi connectivity index (χ4n) is 3.94. The fraction of sp³-hybridized carbons (Fsp3) is 0.208. The average Bonchev–Trinajstić information content (AvgIpc) is 3.54. The maximum absolute atomic E-state index is 13.3. The Bertz CT molecular complexity index is 1190. The van der Waals surface area contributed by atoms with Gasteiger partial charge < -0.3 is 10.4 Å². The van der Waals surface area contributed by atoms with E-state index in [4.69, 9.17) is 11.6 Å². The van der Waals surface area contributed by atoms with Crippen molar-refractivity contribution in [3.8, 4) is 5.69 Å². The lowest BCUT2D eigenvalue weighted by Gasteiger charge is -2.30. The summed E-state index contributed by atoms with van der Waals surface area (Å²) in [6.45, 7) is 0.414. The number of nitrogens with one attached hydrogen (secondary N) is 1. The Kier molecular flexibility index (Phi) is 4.72. The van der Waals surface area contributed by atoms with Crippen LogP contribution in [0.15, 0.2) is 72.9 Å². The van der Waals surface area contributed by atoms with Crippen LogP contribution in [0.1, 0.15) is 18.4 Å². The molecule has 0 bridgehead atoms. The summed E-state index contributed by atoms with van der Waals surface area (Å²) in [5.41, 5.74) is 2.53. The van der Waals surface area contributed by atoms with Gasteiger partial charge in [-0.05, 0) is 85.0 Å². The van der Waals surface area contributed by atoms with Gasteiger partial charge in [0, 0.05) is 22.6 Å². The molecule has 5 rings (SSSR count). The molecule has 0 aliphatic heterocycles. The standard InChI is InChI=1S/C24H21ClFN3O/c25-19-4-8-21(9-5-19)27-15-24(30,17-1-2-17)18-3-12-23-16(13-18)14-28-29(23)22-10-6-20(26)7-11-22/h3-14,17,27,30H,1-2,15H2. The highest BCUT2D eigenvalue weighted by molar-refractivity contribution is 6.30. The Hall–Kier alpha value is -2.89. The second-order valence-electron chi connectivity index (χ2n) is 7.87. The zero-order chi connectivity index (χ0) is 20.7. The van der Waals surface area contributed by atoms with Crippen molar-refractivity contribution in [3.05, 3.63) is 89.3 Å². The number of fused-ring (bicyclic) bond motifs is 1. The molecule has 1 aromatic heterocycles. The number of benzene rings is 3. The Morgan fingerprint density at radius 3 is 2.50 bits per heavy atom. The number of anilines is 1. The summed E-state index contributed by atoms with van der Waals surface area (Å²) in [4.78, 5) is 0. The summed E-state index contributed by atoms with van der Waals surface area (Å²) in [6, 6.07) is 19.7. The molecule has 0 amide bonds. The van der Waals surface area contributed by atoms with E-state index in [1.165, 1.54) is 12.1 Å². The number of hydrogen-bond donors (Lipinski definition) is 2. The molecular formula is C24H21ClFN3O. The van der Waals surface area contributed by atoms with Crippen molar-refractivity contribution in [2.75, 3.05) is 11.9 Å². The van der Waals surface area contributed by atoms with E-state index in [2.05, 4.69) is 10.4 Å². The summed E-state index contributed by atoms with van der Waals surface area (Å²) in [7, 11) is 0. The minimum absolute atomic E-state index is 0.224. The number of aromatic nitrogens is 2. The molecule has 1 aliphatic carbocycles. The van der Waals surface area contributed by atoms with Gasteiger partial charge in [0.15, 0.2) is 0 Å². The summed E-state index contributed by atoms with van der Waals surface area (Å²) >= 11 is 5.96. The molecule has 6 heteroatoms. The Morgan fingerprint density at radius 2 is 1.80 bits per heavy atom. The highest BCUT2D eigenvalue weighted by Crippen LogP contribution is 2.46. The van der Waals surface area contributed by atoms with E-state index in [1.54, 1.807) is 23.0 Å². The van der Waals surface area contributed by atoms with Crippen LogP contribution >= 0.6 is 11.6 Å². The second-order valence-corrected chi connectivity index (χ2v) is 8.30. The molecule has 0 spiro atoms. The monoisotopic (exact) mass is 421 g/mol. The first-order chi connectivity index (χ1) is 14.5. The van der Waals surface area contributed by atoms with Crippen LogP contribution in [-0.2, 0) is 5.60 Å². The predicted molar refractivity (Wildman–Crippen MR) is 118 cm³/mol. The van der Waals surface area contributed by atoms with Gasteiger partial charge in [0.25, 0.3) is 0 Å². The summed E-state index contributed by atoms with van der Waals surface area (Å²) < 4.78 is 15.0. The highest BCUT2D eigenvalue weighted by Gasteiger charge is 2.45. The molecule has 3 aromatic carbocycles. The molecular weight excluding hydrogens is 401 g/mol. The number of hydrogen-bond acceptors (Lipinski definition) is 3. The van der Waals surface area contributed by atoms with Gasteiger partial charge in [0.2, 0.25) is 0 Å². The van der Waals surface area contributed by atoms with E-state index in [0.29, 0.717) is 11.6 Å². The van der Waals surface area contributed by atoms with E-state index in [1.807, 2.05) is 42.5 Å². The van der Waals surface area contributed by atoms with Crippen LogP contribution in [0.4, 0.5) is 10.1 Å². The molecule has 152 valence electrons. The molecule has 1 fully saturated rings. The van der Waals surface area contributed by atoms with Crippen LogP contribution in [0.25, 0.3) is 16.6 Å². The van der Waals surface area contributed by atoms with Crippen LogP contribution in [0.5, 0.6) is 0 Å². The molecule has 4 nitrogen and oxygen atoms in total. The van der Waals surface area contributed by atoms with Crippen molar-refractivity contribution >= 4 is 28.2 Å². The zero-order valence-corrected chi connectivity index (χ0v) is 17.0. The molecule has 0 radical (unpaired) electrons. The SMILES string of the molecule is OC(CNc1ccc(Cl)cc1)(c1ccc2c(cnn2-c2ccc(F)cc2)c1)C1CC1. The van der Waals surface area contributed by atoms with Crippen LogP contribution < -0.4 is 5.32 Å². The highest BCUT2D eigenvalue weighted by atomic mass is 35.5. The van der Waals surface area contributed by atoms with E-state index < -0.39 is 5.60 Å². The molecule has 2 N–H and O–H groups in total. The molecule has 1 unspecified atom stereocenters. The van der Waals surface area contributed by atoms with Crippen molar-refractivity contribution in [3.63, 3.8) is 0 Å². The predicted octanol–water partition coefficient (Wildman–Crippen LogP) is 5.53. The van der Waals surface area contributed by atoms with Gasteiger partial charge in [-0.1, -0.05) is 17.7 Å². The molecule has 30 heavy (non-hydrogen) atoms. The molecule has 1 saturated carbocycles. The van der Waals surface area contributed by atoms with Gasteiger partial charge in [-0.15, -0.1) is 0 Å². The van der Waals surface area contributed by atoms with Crippen LogP contribution in [0.3, 0.4) is 0 Å². The minimum Gasteiger partial charge on any atom is -0.383 e. The van der Waals surface area contributed by atoms with Gasteiger partial charge in [0.1, 0.15) is 11.4 Å². The molecule has 4 aromatic rings. The van der Waals surface area contributed by atoms with Crippen molar-refractivity contribution < 1.29 is 9.50 Å². The third kappa shape index (κ3) is 3.55. The van der Waals surface area contributed by atoms with E-state index in [9.17, 15) is 9.50 Å². The van der Waals surface area contributed by atoms with Gasteiger partial charge in [-0.3, -0.25) is 0 Å². The normalized spacial score (nSPS) is 15.8. The summed E-state index contributed by atoms with van der Waals surface area (Å²) in [6.07, 6.45) is 3.79. The van der Waals surface area contributed by atoms with Crippen molar-refractivity contribution in [1.29, 1.82) is 0 Å². The van der Waals surface area contributed by atoms with Gasteiger partial charge >= 0.3 is 0 Å². The topological polar surface area (TPSA) is 50.1 Å². The molecule has 0 saturated heterocycles. The number of halogens is 2. The van der Waals surface area contributed by atoms with Crippen molar-refractivity contribution in [2.45, 2.75) is 18.4 Å². The minimum atomic E-state index is -0.966. The van der Waals surface area contributed by atoms with Crippen molar-refractivity contribution in [2.24, 2.45) is 5.92 Å². The third-order valence-corrected chi connectivity index (χ3v) is 6.05. The summed E-state index contributed by atoms with van der Waals surface area (Å²) in [5.74, 6) is -0.0536. The number of aliphatic hydroxyl groups is 1. The fourth-order valence-corrected chi connectivity index (χ4v) is 4.06. The maximum atomic E-state index is 13.3. The quantitative estimate of drug-likeness (QED) is 0.430. The van der Waals surface area contributed by atoms with Crippen LogP contribution in [0.2, 0.25) is 5.02 Å². The first-order valence-electron chi connectivity index (χ1n) is 9.99. The average molecular weight is 422 g/mol. The lowest BCUT2D eigenvalue weighted by molar-refractivity contribution is 0.0267. The van der Waals surface area contributed by atoms with E-state index in [0.717, 1.165) is 40.7 Å². The summed E-state index contributed by atoms with van der Waals surface area (Å²) in [5, 5.41) is 21.0. The lowest BCUT2D eigenvalue weighted by Crippen LogP contribution is -2.36.